The van der Waals surface area contributed by atoms with Gasteiger partial charge in [-0.3, -0.25) is 4.79 Å². The van der Waals surface area contributed by atoms with Crippen molar-refractivity contribution < 1.29 is 14.3 Å². The number of nitrogens with two attached hydrogens (primary N) is 2. The van der Waals surface area contributed by atoms with Crippen LogP contribution in [0.3, 0.4) is 0 Å². The molecule has 0 aliphatic rings. The van der Waals surface area contributed by atoms with Gasteiger partial charge in [-0.05, 0) is 43.1 Å². The van der Waals surface area contributed by atoms with Gasteiger partial charge in [0.15, 0.2) is 0 Å². The number of halogens is 1. The summed E-state index contributed by atoms with van der Waals surface area (Å²) in [5, 5.41) is 9.72. The molecule has 126 valence electrons. The van der Waals surface area contributed by atoms with Gasteiger partial charge in [0.05, 0.1) is 0 Å². The predicted octanol–water partition coefficient (Wildman–Crippen LogP) is 2.25. The first-order valence-corrected chi connectivity index (χ1v) is 7.98. The summed E-state index contributed by atoms with van der Waals surface area (Å²) in [7, 11) is 0. The van der Waals surface area contributed by atoms with E-state index in [4.69, 9.17) is 16.6 Å². The summed E-state index contributed by atoms with van der Waals surface area (Å²) in [5.74, 6) is -1.38. The van der Waals surface area contributed by atoms with Gasteiger partial charge in [0.1, 0.15) is 11.9 Å². The first-order valence-electron chi connectivity index (χ1n) is 7.98. The molecule has 0 amide bonds. The minimum atomic E-state index is -1.05. The lowest BCUT2D eigenvalue weighted by molar-refractivity contribution is -0.138. The van der Waals surface area contributed by atoms with Crippen LogP contribution in [0.15, 0.2) is 24.4 Å². The third kappa shape index (κ3) is 4.53. The van der Waals surface area contributed by atoms with E-state index in [1.807, 2.05) is 6.20 Å². The molecule has 0 aliphatic heterocycles. The second-order valence-corrected chi connectivity index (χ2v) is 5.86. The number of hydrogen-bond acceptors (Lipinski definition) is 3. The molecule has 0 saturated carbocycles. The Morgan fingerprint density at radius 2 is 2.00 bits per heavy atom. The topological polar surface area (TPSA) is 94.3 Å². The van der Waals surface area contributed by atoms with Crippen LogP contribution in [-0.2, 0) is 17.8 Å². The fourth-order valence-electron chi connectivity index (χ4n) is 2.80. The van der Waals surface area contributed by atoms with E-state index in [9.17, 15) is 9.18 Å². The normalized spacial score (nSPS) is 12.7. The van der Waals surface area contributed by atoms with E-state index in [-0.39, 0.29) is 12.2 Å². The van der Waals surface area contributed by atoms with Gasteiger partial charge in [-0.2, -0.15) is 0 Å². The van der Waals surface area contributed by atoms with Gasteiger partial charge in [-0.25, -0.2) is 4.39 Å². The number of hydrogen-bond donors (Lipinski definition) is 3. The molecule has 2 aromatic rings. The highest BCUT2D eigenvalue weighted by molar-refractivity contribution is 5.85. The number of nitrogens with zero attached hydrogens (tertiary/aromatic N) is 1. The van der Waals surface area contributed by atoms with Crippen molar-refractivity contribution in [2.24, 2.45) is 11.5 Å². The number of carboxylic acids is 1. The van der Waals surface area contributed by atoms with Crippen LogP contribution >= 0.6 is 0 Å². The van der Waals surface area contributed by atoms with Gasteiger partial charge in [-0.15, -0.1) is 0 Å². The first-order chi connectivity index (χ1) is 11.0. The Labute approximate surface area is 135 Å². The molecule has 0 saturated heterocycles. The van der Waals surface area contributed by atoms with Gasteiger partial charge in [-0.1, -0.05) is 12.8 Å². The van der Waals surface area contributed by atoms with Crippen molar-refractivity contribution in [3.05, 3.63) is 35.8 Å². The van der Waals surface area contributed by atoms with E-state index < -0.39 is 12.0 Å². The quantitative estimate of drug-likeness (QED) is 0.617. The third-order valence-electron chi connectivity index (χ3n) is 4.04. The van der Waals surface area contributed by atoms with Crippen LogP contribution in [0.4, 0.5) is 4.39 Å². The summed E-state index contributed by atoms with van der Waals surface area (Å²) in [6.07, 6.45) is 6.30. The number of fused-ring (bicyclic) bond motifs is 1. The molecule has 0 bridgehead atoms. The van der Waals surface area contributed by atoms with Crippen LogP contribution in [-0.4, -0.2) is 28.2 Å². The number of carboxylic acid groups (broad SMARTS) is 1. The summed E-state index contributed by atoms with van der Waals surface area (Å²) >= 11 is 0. The van der Waals surface area contributed by atoms with Crippen molar-refractivity contribution in [2.75, 3.05) is 6.54 Å². The van der Waals surface area contributed by atoms with Crippen molar-refractivity contribution in [1.29, 1.82) is 0 Å². The zero-order valence-electron chi connectivity index (χ0n) is 13.2. The molecular weight excluding hydrogens is 297 g/mol. The van der Waals surface area contributed by atoms with Crippen molar-refractivity contribution in [3.8, 4) is 0 Å². The highest BCUT2D eigenvalue weighted by Crippen LogP contribution is 2.24. The summed E-state index contributed by atoms with van der Waals surface area (Å²) in [5.41, 5.74) is 12.8. The zero-order chi connectivity index (χ0) is 16.8. The van der Waals surface area contributed by atoms with Gasteiger partial charge in [0.25, 0.3) is 0 Å². The number of benzene rings is 1. The summed E-state index contributed by atoms with van der Waals surface area (Å²) in [6, 6.07) is 3.63. The Morgan fingerprint density at radius 1 is 1.26 bits per heavy atom. The van der Waals surface area contributed by atoms with Crippen LogP contribution in [0, 0.1) is 5.82 Å². The Morgan fingerprint density at radius 3 is 2.70 bits per heavy atom. The van der Waals surface area contributed by atoms with E-state index in [1.165, 1.54) is 12.1 Å². The zero-order valence-corrected chi connectivity index (χ0v) is 13.2. The summed E-state index contributed by atoms with van der Waals surface area (Å²) in [6.45, 7) is 1.53. The number of carbonyl (C=O) groups is 1. The second kappa shape index (κ2) is 8.08. The van der Waals surface area contributed by atoms with Gasteiger partial charge >= 0.3 is 5.97 Å². The monoisotopic (exact) mass is 321 g/mol. The summed E-state index contributed by atoms with van der Waals surface area (Å²) < 4.78 is 15.6. The number of aliphatic carboxylic acids is 1. The Bertz CT molecular complexity index is 669. The largest absolute Gasteiger partial charge is 0.480 e. The fraction of sp³-hybridized carbons (Fsp3) is 0.471. The standard InChI is InChI=1S/C17H24FN3O2/c18-13-5-6-16-14(10-13)12(9-15(20)17(22)23)11-21(16)8-4-2-1-3-7-19/h5-6,10-11,15H,1-4,7-9,19-20H2,(H,22,23)/t15-/m0/s1. The summed E-state index contributed by atoms with van der Waals surface area (Å²) in [4.78, 5) is 11.0. The molecule has 0 aliphatic carbocycles. The Hall–Kier alpha value is -1.92. The van der Waals surface area contributed by atoms with Crippen LogP contribution in [0.25, 0.3) is 10.9 Å². The SMILES string of the molecule is NCCCCCCn1cc(C[C@H](N)C(=O)O)c2cc(F)ccc21. The van der Waals surface area contributed by atoms with Crippen LogP contribution in [0.5, 0.6) is 0 Å². The van der Waals surface area contributed by atoms with E-state index in [2.05, 4.69) is 4.57 Å². The van der Waals surface area contributed by atoms with E-state index in [0.717, 1.165) is 48.7 Å². The molecule has 1 aromatic heterocycles. The minimum Gasteiger partial charge on any atom is -0.480 e. The van der Waals surface area contributed by atoms with Gasteiger partial charge < -0.3 is 21.1 Å². The van der Waals surface area contributed by atoms with E-state index in [1.54, 1.807) is 6.07 Å². The molecule has 2 rings (SSSR count). The number of unbranched alkanes of at least 4 members (excludes halogenated alkanes) is 3. The van der Waals surface area contributed by atoms with Crippen LogP contribution in [0.1, 0.15) is 31.2 Å². The average molecular weight is 321 g/mol. The second-order valence-electron chi connectivity index (χ2n) is 5.86. The molecule has 0 radical (unpaired) electrons. The molecule has 1 atom stereocenters. The molecule has 1 aromatic carbocycles. The maximum atomic E-state index is 13.5. The minimum absolute atomic E-state index is 0.190. The van der Waals surface area contributed by atoms with Crippen molar-refractivity contribution in [3.63, 3.8) is 0 Å². The lowest BCUT2D eigenvalue weighted by Crippen LogP contribution is -2.32. The molecule has 5 nitrogen and oxygen atoms in total. The smallest absolute Gasteiger partial charge is 0.320 e. The fourth-order valence-corrected chi connectivity index (χ4v) is 2.80. The van der Waals surface area contributed by atoms with Crippen molar-refractivity contribution in [2.45, 2.75) is 44.7 Å². The number of rotatable bonds is 9. The lowest BCUT2D eigenvalue weighted by atomic mass is 10.1. The van der Waals surface area contributed by atoms with Crippen LogP contribution in [0.2, 0.25) is 0 Å². The van der Waals surface area contributed by atoms with Crippen LogP contribution < -0.4 is 11.5 Å². The Balaban J connectivity index is 2.18. The van der Waals surface area contributed by atoms with Crippen molar-refractivity contribution in [1.82, 2.24) is 4.57 Å². The number of aryl methyl sites for hydroxylation is 1. The molecule has 0 spiro atoms. The maximum absolute atomic E-state index is 13.5. The number of aromatic nitrogens is 1. The molecule has 23 heavy (non-hydrogen) atoms. The first kappa shape index (κ1) is 17.4. The molecule has 1 heterocycles. The molecule has 5 N–H and O–H groups in total. The highest BCUT2D eigenvalue weighted by atomic mass is 19.1. The average Bonchev–Trinajstić information content (AvgIpc) is 2.84. The maximum Gasteiger partial charge on any atom is 0.320 e. The van der Waals surface area contributed by atoms with Crippen molar-refractivity contribution >= 4 is 16.9 Å². The third-order valence-corrected chi connectivity index (χ3v) is 4.04. The molecule has 0 unspecified atom stereocenters. The molecule has 6 heteroatoms. The highest BCUT2D eigenvalue weighted by Gasteiger charge is 2.17. The van der Waals surface area contributed by atoms with Gasteiger partial charge in [0, 0.05) is 30.1 Å². The van der Waals surface area contributed by atoms with E-state index >= 15 is 0 Å². The molecular formula is C17H24FN3O2. The Kier molecular flexibility index (Phi) is 6.12. The lowest BCUT2D eigenvalue weighted by Gasteiger charge is -2.05. The predicted molar refractivity (Wildman–Crippen MR) is 88.7 cm³/mol. The van der Waals surface area contributed by atoms with Gasteiger partial charge in [0.2, 0.25) is 0 Å². The molecule has 0 fully saturated rings. The van der Waals surface area contributed by atoms with E-state index in [0.29, 0.717) is 6.54 Å².